The number of pyridine rings is 2. The minimum atomic E-state index is -0.00940. The van der Waals surface area contributed by atoms with Gasteiger partial charge in [0.25, 0.3) is 5.91 Å². The number of carbonyl (C=O) groups excluding carboxylic acids is 1. The lowest BCUT2D eigenvalue weighted by atomic mass is 9.98. The minimum absolute atomic E-state index is 0.00940. The summed E-state index contributed by atoms with van der Waals surface area (Å²) in [6.45, 7) is 5.69. The van der Waals surface area contributed by atoms with E-state index < -0.39 is 0 Å². The van der Waals surface area contributed by atoms with Crippen LogP contribution in [-0.2, 0) is 0 Å². The van der Waals surface area contributed by atoms with Crippen molar-refractivity contribution in [3.8, 4) is 11.5 Å². The summed E-state index contributed by atoms with van der Waals surface area (Å²) in [5, 5.41) is 4.23. The van der Waals surface area contributed by atoms with Gasteiger partial charge >= 0.3 is 0 Å². The Bertz CT molecular complexity index is 1110. The molecule has 7 nitrogen and oxygen atoms in total. The zero-order chi connectivity index (χ0) is 22.0. The first-order chi connectivity index (χ1) is 15.0. The van der Waals surface area contributed by atoms with Crippen molar-refractivity contribution in [3.63, 3.8) is 0 Å². The molecule has 0 spiro atoms. The molecule has 3 aromatic rings. The SMILES string of the molecule is COc1ccc(Nc2c(C(=O)N3CCC(C)CC3)cnc3nc(C)ccc23)cc1OC. The van der Waals surface area contributed by atoms with Gasteiger partial charge in [0.1, 0.15) is 0 Å². The molecule has 1 aliphatic rings. The third kappa shape index (κ3) is 4.26. The fourth-order valence-electron chi connectivity index (χ4n) is 3.91. The number of fused-ring (bicyclic) bond motifs is 1. The van der Waals surface area contributed by atoms with E-state index in [4.69, 9.17) is 9.47 Å². The number of hydrogen-bond acceptors (Lipinski definition) is 6. The highest BCUT2D eigenvalue weighted by atomic mass is 16.5. The monoisotopic (exact) mass is 420 g/mol. The summed E-state index contributed by atoms with van der Waals surface area (Å²) in [7, 11) is 3.20. The summed E-state index contributed by atoms with van der Waals surface area (Å²) >= 11 is 0. The van der Waals surface area contributed by atoms with E-state index in [0.717, 1.165) is 42.7 Å². The van der Waals surface area contributed by atoms with Gasteiger partial charge in [-0.25, -0.2) is 9.97 Å². The van der Waals surface area contributed by atoms with Gasteiger partial charge in [0.15, 0.2) is 17.1 Å². The van der Waals surface area contributed by atoms with Gasteiger partial charge in [-0.2, -0.15) is 0 Å². The molecule has 0 bridgehead atoms. The molecule has 1 aromatic carbocycles. The molecule has 0 saturated carbocycles. The van der Waals surface area contributed by atoms with E-state index in [0.29, 0.717) is 34.3 Å². The molecule has 1 N–H and O–H groups in total. The zero-order valence-corrected chi connectivity index (χ0v) is 18.4. The molecule has 0 atom stereocenters. The Labute approximate surface area is 182 Å². The molecule has 4 rings (SSSR count). The van der Waals surface area contributed by atoms with Crippen molar-refractivity contribution in [2.24, 2.45) is 5.92 Å². The van der Waals surface area contributed by atoms with Gasteiger partial charge < -0.3 is 19.7 Å². The average Bonchev–Trinajstić information content (AvgIpc) is 2.79. The van der Waals surface area contributed by atoms with Gasteiger partial charge in [-0.05, 0) is 49.9 Å². The molecular weight excluding hydrogens is 392 g/mol. The summed E-state index contributed by atoms with van der Waals surface area (Å²) < 4.78 is 10.8. The van der Waals surface area contributed by atoms with Gasteiger partial charge in [-0.15, -0.1) is 0 Å². The van der Waals surface area contributed by atoms with Crippen molar-refractivity contribution < 1.29 is 14.3 Å². The lowest BCUT2D eigenvalue weighted by molar-refractivity contribution is 0.0698. The summed E-state index contributed by atoms with van der Waals surface area (Å²) in [6.07, 6.45) is 3.68. The lowest BCUT2D eigenvalue weighted by Crippen LogP contribution is -2.38. The van der Waals surface area contributed by atoms with E-state index in [9.17, 15) is 4.79 Å². The van der Waals surface area contributed by atoms with Crippen LogP contribution in [0.1, 0.15) is 35.8 Å². The number of benzene rings is 1. The predicted molar refractivity (Wildman–Crippen MR) is 121 cm³/mol. The van der Waals surface area contributed by atoms with Crippen LogP contribution < -0.4 is 14.8 Å². The van der Waals surface area contributed by atoms with Crippen LogP contribution in [0.3, 0.4) is 0 Å². The highest BCUT2D eigenvalue weighted by Gasteiger charge is 2.25. The van der Waals surface area contributed by atoms with Crippen LogP contribution in [0.25, 0.3) is 11.0 Å². The first kappa shape index (κ1) is 20.9. The Balaban J connectivity index is 1.77. The largest absolute Gasteiger partial charge is 0.493 e. The molecular formula is C24H28N4O3. The molecule has 1 fully saturated rings. The van der Waals surface area contributed by atoms with E-state index in [1.54, 1.807) is 20.4 Å². The number of nitrogens with one attached hydrogen (secondary N) is 1. The topological polar surface area (TPSA) is 76.6 Å². The maximum Gasteiger partial charge on any atom is 0.257 e. The van der Waals surface area contributed by atoms with Crippen molar-refractivity contribution in [3.05, 3.63) is 47.8 Å². The van der Waals surface area contributed by atoms with Gasteiger partial charge in [0, 0.05) is 42.1 Å². The van der Waals surface area contributed by atoms with Crippen molar-refractivity contribution >= 4 is 28.3 Å². The van der Waals surface area contributed by atoms with Crippen LogP contribution in [0.2, 0.25) is 0 Å². The summed E-state index contributed by atoms with van der Waals surface area (Å²) in [5.74, 6) is 1.89. The third-order valence-electron chi connectivity index (χ3n) is 5.82. The van der Waals surface area contributed by atoms with Crippen LogP contribution in [-0.4, -0.2) is 48.1 Å². The standard InChI is InChI=1S/C24H28N4O3/c1-15-9-11-28(12-10-15)24(29)19-14-25-23-18(7-5-16(2)26-23)22(19)27-17-6-8-20(30-3)21(13-17)31-4/h5-8,13-15H,9-12H2,1-4H3,(H,25,26,27). The normalized spacial score (nSPS) is 14.5. The van der Waals surface area contributed by atoms with Crippen LogP contribution in [0.5, 0.6) is 11.5 Å². The third-order valence-corrected chi connectivity index (χ3v) is 5.82. The Morgan fingerprint density at radius 2 is 1.84 bits per heavy atom. The van der Waals surface area contributed by atoms with Crippen molar-refractivity contribution in [2.75, 3.05) is 32.6 Å². The van der Waals surface area contributed by atoms with Crippen LogP contribution in [0, 0.1) is 12.8 Å². The van der Waals surface area contributed by atoms with Crippen molar-refractivity contribution in [1.29, 1.82) is 0 Å². The number of anilines is 2. The van der Waals surface area contributed by atoms with Gasteiger partial charge in [-0.3, -0.25) is 4.79 Å². The Hall–Kier alpha value is -3.35. The average molecular weight is 421 g/mol. The van der Waals surface area contributed by atoms with E-state index in [2.05, 4.69) is 22.2 Å². The summed E-state index contributed by atoms with van der Waals surface area (Å²) in [5.41, 5.74) is 3.51. The molecule has 1 aliphatic heterocycles. The first-order valence-electron chi connectivity index (χ1n) is 10.5. The van der Waals surface area contributed by atoms with Gasteiger partial charge in [0.2, 0.25) is 0 Å². The number of rotatable bonds is 5. The number of hydrogen-bond donors (Lipinski definition) is 1. The molecule has 0 aliphatic carbocycles. The summed E-state index contributed by atoms with van der Waals surface area (Å²) in [6, 6.07) is 9.47. The fourth-order valence-corrected chi connectivity index (χ4v) is 3.91. The Morgan fingerprint density at radius 1 is 1.10 bits per heavy atom. The van der Waals surface area contributed by atoms with E-state index >= 15 is 0 Å². The highest BCUT2D eigenvalue weighted by molar-refractivity contribution is 6.07. The molecule has 31 heavy (non-hydrogen) atoms. The second-order valence-corrected chi connectivity index (χ2v) is 8.04. The molecule has 1 saturated heterocycles. The molecule has 3 heterocycles. The van der Waals surface area contributed by atoms with Crippen LogP contribution in [0.4, 0.5) is 11.4 Å². The molecule has 0 unspecified atom stereocenters. The fraction of sp³-hybridized carbons (Fsp3) is 0.375. The second-order valence-electron chi connectivity index (χ2n) is 8.04. The second kappa shape index (κ2) is 8.79. The zero-order valence-electron chi connectivity index (χ0n) is 18.4. The van der Waals surface area contributed by atoms with Crippen LogP contribution in [0.15, 0.2) is 36.5 Å². The van der Waals surface area contributed by atoms with E-state index in [1.807, 2.05) is 42.2 Å². The number of amides is 1. The number of nitrogens with zero attached hydrogens (tertiary/aromatic N) is 3. The number of aromatic nitrogens is 2. The number of likely N-dealkylation sites (tertiary alicyclic amines) is 1. The summed E-state index contributed by atoms with van der Waals surface area (Å²) in [4.78, 5) is 24.4. The minimum Gasteiger partial charge on any atom is -0.493 e. The Morgan fingerprint density at radius 3 is 2.55 bits per heavy atom. The van der Waals surface area contributed by atoms with E-state index in [-0.39, 0.29) is 5.91 Å². The van der Waals surface area contributed by atoms with E-state index in [1.165, 1.54) is 0 Å². The molecule has 7 heteroatoms. The number of carbonyl (C=O) groups is 1. The number of aryl methyl sites for hydroxylation is 1. The number of piperidine rings is 1. The molecule has 0 radical (unpaired) electrons. The molecule has 2 aromatic heterocycles. The number of ether oxygens (including phenoxy) is 2. The number of methoxy groups -OCH3 is 2. The maximum atomic E-state index is 13.4. The lowest BCUT2D eigenvalue weighted by Gasteiger charge is -2.31. The van der Waals surface area contributed by atoms with Gasteiger partial charge in [-0.1, -0.05) is 6.92 Å². The quantitative estimate of drug-likeness (QED) is 0.652. The predicted octanol–water partition coefficient (Wildman–Crippen LogP) is 4.57. The maximum absolute atomic E-state index is 13.4. The van der Waals surface area contributed by atoms with Crippen LogP contribution >= 0.6 is 0 Å². The Kier molecular flexibility index (Phi) is 5.93. The van der Waals surface area contributed by atoms with Crippen molar-refractivity contribution in [2.45, 2.75) is 26.7 Å². The first-order valence-corrected chi connectivity index (χ1v) is 10.5. The molecule has 1 amide bonds. The van der Waals surface area contributed by atoms with Gasteiger partial charge in [0.05, 0.1) is 25.5 Å². The highest BCUT2D eigenvalue weighted by Crippen LogP contribution is 2.34. The molecule has 162 valence electrons. The smallest absolute Gasteiger partial charge is 0.257 e. The van der Waals surface area contributed by atoms with Crippen molar-refractivity contribution in [1.82, 2.24) is 14.9 Å².